The van der Waals surface area contributed by atoms with Crippen LogP contribution in [0.3, 0.4) is 0 Å². The predicted molar refractivity (Wildman–Crippen MR) is 120 cm³/mol. The Morgan fingerprint density at radius 3 is 2.30 bits per heavy atom. The normalized spacial score (nSPS) is 23.7. The number of carbonyl (C=O) groups is 1. The van der Waals surface area contributed by atoms with Gasteiger partial charge < -0.3 is 14.7 Å². The van der Waals surface area contributed by atoms with Crippen molar-refractivity contribution in [2.75, 3.05) is 42.5 Å². The third-order valence-corrected chi connectivity index (χ3v) is 7.76. The Labute approximate surface area is 181 Å². The molecule has 1 aromatic rings. The van der Waals surface area contributed by atoms with Crippen molar-refractivity contribution in [3.8, 4) is 0 Å². The van der Waals surface area contributed by atoms with E-state index in [0.29, 0.717) is 12.5 Å². The van der Waals surface area contributed by atoms with E-state index in [1.165, 1.54) is 56.2 Å². The first-order valence-electron chi connectivity index (χ1n) is 12.4. The summed E-state index contributed by atoms with van der Waals surface area (Å²) in [6.07, 6.45) is 11.7. The lowest BCUT2D eigenvalue weighted by Gasteiger charge is -2.37. The van der Waals surface area contributed by atoms with Gasteiger partial charge in [0.25, 0.3) is 0 Å². The number of hydrogen-bond acceptors (Lipinski definition) is 5. The van der Waals surface area contributed by atoms with Crippen LogP contribution in [0.5, 0.6) is 0 Å². The third-order valence-electron chi connectivity index (χ3n) is 7.76. The molecule has 0 bridgehead atoms. The maximum absolute atomic E-state index is 13.1. The maximum atomic E-state index is 13.1. The molecule has 30 heavy (non-hydrogen) atoms. The fourth-order valence-corrected chi connectivity index (χ4v) is 5.72. The highest BCUT2D eigenvalue weighted by Crippen LogP contribution is 2.34. The summed E-state index contributed by atoms with van der Waals surface area (Å²) in [5, 5.41) is 0. The van der Waals surface area contributed by atoms with Crippen molar-refractivity contribution >= 4 is 17.7 Å². The lowest BCUT2D eigenvalue weighted by molar-refractivity contribution is -0.136. The topological polar surface area (TPSA) is 52.6 Å². The number of rotatable bonds is 3. The van der Waals surface area contributed by atoms with Gasteiger partial charge in [0.2, 0.25) is 11.9 Å². The summed E-state index contributed by atoms with van der Waals surface area (Å²) in [5.74, 6) is 3.46. The van der Waals surface area contributed by atoms with Gasteiger partial charge in [-0.3, -0.25) is 4.79 Å². The Kier molecular flexibility index (Phi) is 5.83. The quantitative estimate of drug-likeness (QED) is 0.758. The molecule has 0 N–H and O–H groups in total. The molecule has 6 nitrogen and oxygen atoms in total. The average Bonchev–Trinajstić information content (AvgIpc) is 3.34. The summed E-state index contributed by atoms with van der Waals surface area (Å²) in [6, 6.07) is 0. The van der Waals surface area contributed by atoms with Crippen LogP contribution in [0.1, 0.15) is 76.0 Å². The van der Waals surface area contributed by atoms with Crippen LogP contribution in [-0.4, -0.2) is 53.5 Å². The van der Waals surface area contributed by atoms with Crippen LogP contribution in [0.2, 0.25) is 0 Å². The average molecular weight is 412 g/mol. The van der Waals surface area contributed by atoms with Crippen molar-refractivity contribution in [3.05, 3.63) is 11.3 Å². The summed E-state index contributed by atoms with van der Waals surface area (Å²) < 4.78 is 0. The van der Waals surface area contributed by atoms with Crippen LogP contribution in [0, 0.1) is 11.8 Å². The van der Waals surface area contributed by atoms with Gasteiger partial charge in [-0.1, -0.05) is 19.8 Å². The third kappa shape index (κ3) is 4.02. The molecule has 0 unspecified atom stereocenters. The Balaban J connectivity index is 1.44. The van der Waals surface area contributed by atoms with Crippen LogP contribution < -0.4 is 9.80 Å². The van der Waals surface area contributed by atoms with E-state index in [9.17, 15) is 4.79 Å². The second kappa shape index (κ2) is 8.72. The molecular weight excluding hydrogens is 374 g/mol. The predicted octanol–water partition coefficient (Wildman–Crippen LogP) is 3.78. The van der Waals surface area contributed by atoms with E-state index in [1.54, 1.807) is 0 Å². The van der Waals surface area contributed by atoms with Gasteiger partial charge in [0, 0.05) is 50.6 Å². The number of anilines is 2. The molecule has 1 saturated carbocycles. The number of fused-ring (bicyclic) bond motifs is 1. The van der Waals surface area contributed by atoms with Crippen molar-refractivity contribution in [2.45, 2.75) is 77.7 Å². The molecule has 0 radical (unpaired) electrons. The lowest BCUT2D eigenvalue weighted by Crippen LogP contribution is -2.42. The van der Waals surface area contributed by atoms with Gasteiger partial charge in [-0.2, -0.15) is 4.98 Å². The van der Waals surface area contributed by atoms with Gasteiger partial charge in [0.1, 0.15) is 5.82 Å². The first kappa shape index (κ1) is 20.1. The molecular formula is C24H37N5O. The van der Waals surface area contributed by atoms with Crippen molar-refractivity contribution < 1.29 is 4.79 Å². The van der Waals surface area contributed by atoms with Crippen LogP contribution in [0.25, 0.3) is 0 Å². The highest BCUT2D eigenvalue weighted by molar-refractivity contribution is 5.79. The summed E-state index contributed by atoms with van der Waals surface area (Å²) in [6.45, 7) is 8.15. The smallest absolute Gasteiger partial charge is 0.227 e. The minimum Gasteiger partial charge on any atom is -0.356 e. The SMILES string of the molecule is CC1CCN(c2nc(N3CCCCC3)nc3c2CN(C(=O)C2CCCC2)CC3)CC1. The van der Waals surface area contributed by atoms with E-state index in [2.05, 4.69) is 21.6 Å². The molecule has 4 heterocycles. The number of carbonyl (C=O) groups excluding carboxylic acids is 1. The van der Waals surface area contributed by atoms with E-state index < -0.39 is 0 Å². The zero-order chi connectivity index (χ0) is 20.5. The number of aromatic nitrogens is 2. The van der Waals surface area contributed by atoms with E-state index in [0.717, 1.165) is 69.7 Å². The Bertz CT molecular complexity index is 761. The van der Waals surface area contributed by atoms with Crippen LogP contribution in [-0.2, 0) is 17.8 Å². The first-order valence-corrected chi connectivity index (χ1v) is 12.4. The minimum atomic E-state index is 0.249. The summed E-state index contributed by atoms with van der Waals surface area (Å²) in [7, 11) is 0. The standard InChI is InChI=1S/C24H37N5O/c1-18-9-14-27(15-10-18)22-20-17-29(23(30)19-7-3-4-8-19)16-11-21(20)25-24(26-22)28-12-5-2-6-13-28/h18-19H,2-17H2,1H3. The number of amides is 1. The Morgan fingerprint density at radius 1 is 0.833 bits per heavy atom. The second-order valence-corrected chi connectivity index (χ2v) is 9.98. The minimum absolute atomic E-state index is 0.249. The molecule has 0 aromatic carbocycles. The molecule has 4 aliphatic rings. The van der Waals surface area contributed by atoms with Crippen molar-refractivity contribution in [3.63, 3.8) is 0 Å². The van der Waals surface area contributed by atoms with E-state index >= 15 is 0 Å². The zero-order valence-electron chi connectivity index (χ0n) is 18.6. The highest BCUT2D eigenvalue weighted by Gasteiger charge is 2.33. The molecule has 2 saturated heterocycles. The van der Waals surface area contributed by atoms with Gasteiger partial charge in [0.15, 0.2) is 0 Å². The Hall–Kier alpha value is -1.85. The van der Waals surface area contributed by atoms with Crippen molar-refractivity contribution in [1.82, 2.24) is 14.9 Å². The summed E-state index contributed by atoms with van der Waals surface area (Å²) >= 11 is 0. The van der Waals surface area contributed by atoms with Gasteiger partial charge in [0.05, 0.1) is 12.2 Å². The monoisotopic (exact) mass is 411 g/mol. The fourth-order valence-electron chi connectivity index (χ4n) is 5.72. The number of nitrogens with zero attached hydrogens (tertiary/aromatic N) is 5. The van der Waals surface area contributed by atoms with Crippen molar-refractivity contribution in [1.29, 1.82) is 0 Å². The molecule has 1 aromatic heterocycles. The molecule has 3 aliphatic heterocycles. The second-order valence-electron chi connectivity index (χ2n) is 9.98. The van der Waals surface area contributed by atoms with Gasteiger partial charge >= 0.3 is 0 Å². The first-order chi connectivity index (χ1) is 14.7. The molecule has 164 valence electrons. The number of piperidine rings is 2. The van der Waals surface area contributed by atoms with E-state index in [1.807, 2.05) is 0 Å². The molecule has 0 atom stereocenters. The van der Waals surface area contributed by atoms with Gasteiger partial charge in [-0.15, -0.1) is 0 Å². The zero-order valence-corrected chi connectivity index (χ0v) is 18.6. The summed E-state index contributed by atoms with van der Waals surface area (Å²) in [4.78, 5) is 30.3. The lowest BCUT2D eigenvalue weighted by atomic mass is 9.97. The molecule has 5 rings (SSSR count). The van der Waals surface area contributed by atoms with Crippen LogP contribution in [0.15, 0.2) is 0 Å². The van der Waals surface area contributed by atoms with Crippen LogP contribution >= 0.6 is 0 Å². The van der Waals surface area contributed by atoms with E-state index in [4.69, 9.17) is 9.97 Å². The van der Waals surface area contributed by atoms with E-state index in [-0.39, 0.29) is 5.92 Å². The van der Waals surface area contributed by atoms with Crippen LogP contribution in [0.4, 0.5) is 11.8 Å². The fraction of sp³-hybridized carbons (Fsp3) is 0.792. The molecule has 0 spiro atoms. The maximum Gasteiger partial charge on any atom is 0.227 e. The molecule has 3 fully saturated rings. The number of hydrogen-bond donors (Lipinski definition) is 0. The van der Waals surface area contributed by atoms with Gasteiger partial charge in [-0.05, 0) is 50.9 Å². The largest absolute Gasteiger partial charge is 0.356 e. The molecule has 1 amide bonds. The molecule has 6 heteroatoms. The Morgan fingerprint density at radius 2 is 1.57 bits per heavy atom. The molecule has 1 aliphatic carbocycles. The highest BCUT2D eigenvalue weighted by atomic mass is 16.2. The van der Waals surface area contributed by atoms with Gasteiger partial charge in [-0.25, -0.2) is 4.98 Å². The van der Waals surface area contributed by atoms with Crippen molar-refractivity contribution in [2.24, 2.45) is 11.8 Å². The summed E-state index contributed by atoms with van der Waals surface area (Å²) in [5.41, 5.74) is 2.41.